The standard InChI is InChI=1S/C21H7F15N2O2.Zn/c1-5-9(16(39)6-2-7(18(25,26)27)4-8(3-6)19(28,29)30)17(40)38(37-5)15-13(23)10(20(31,32)33)12(22)11(14(15)24)21(34,35)36;/h2-4,40H,1H3;. The minimum Gasteiger partial charge on any atom is -0.493 e. The van der Waals surface area contributed by atoms with Gasteiger partial charge in [-0.15, -0.1) is 0 Å². The predicted molar refractivity (Wildman–Crippen MR) is 99.7 cm³/mol. The summed E-state index contributed by atoms with van der Waals surface area (Å²) in [6, 6.07) is -0.680. The van der Waals surface area contributed by atoms with E-state index < -0.39 is 109 Å². The van der Waals surface area contributed by atoms with Gasteiger partial charge in [-0.05, 0) is 25.1 Å². The van der Waals surface area contributed by atoms with E-state index in [1.807, 2.05) is 0 Å². The van der Waals surface area contributed by atoms with E-state index in [1.54, 1.807) is 0 Å². The van der Waals surface area contributed by atoms with Gasteiger partial charge in [0.2, 0.25) is 5.88 Å². The summed E-state index contributed by atoms with van der Waals surface area (Å²) in [5.74, 6) is -13.6. The van der Waals surface area contributed by atoms with Crippen LogP contribution in [0.2, 0.25) is 0 Å². The van der Waals surface area contributed by atoms with Gasteiger partial charge in [0.15, 0.2) is 23.2 Å². The molecule has 0 fully saturated rings. The molecule has 0 saturated heterocycles. The Kier molecular flexibility index (Phi) is 8.69. The van der Waals surface area contributed by atoms with Gasteiger partial charge in [-0.2, -0.15) is 62.5 Å². The second-order valence-corrected chi connectivity index (χ2v) is 7.86. The number of aromatic nitrogens is 2. The molecule has 0 unspecified atom stereocenters. The fourth-order valence-electron chi connectivity index (χ4n) is 3.50. The first-order valence-electron chi connectivity index (χ1n) is 9.87. The summed E-state index contributed by atoms with van der Waals surface area (Å²) in [5.41, 5.74) is -17.1. The molecule has 41 heavy (non-hydrogen) atoms. The Morgan fingerprint density at radius 3 is 1.44 bits per heavy atom. The van der Waals surface area contributed by atoms with Crippen LogP contribution in [0.15, 0.2) is 18.2 Å². The van der Waals surface area contributed by atoms with E-state index in [-0.39, 0.29) is 31.6 Å². The molecule has 1 N–H and O–H groups in total. The number of aromatic hydroxyl groups is 1. The molecule has 0 atom stereocenters. The number of aryl methyl sites for hydroxylation is 1. The van der Waals surface area contributed by atoms with Crippen LogP contribution in [0.3, 0.4) is 0 Å². The monoisotopic (exact) mass is 668 g/mol. The SMILES string of the molecule is Cc1nn(-c2c(F)c(C(F)(F)F)c(F)c(C(F)(F)F)c2F)c(O)c1C(=O)c1cc(C(F)(F)F)cc(C(F)(F)F)c1.[Zn]. The van der Waals surface area contributed by atoms with Crippen molar-refractivity contribution in [3.8, 4) is 11.6 Å². The van der Waals surface area contributed by atoms with E-state index >= 15 is 0 Å². The molecule has 3 aromatic rings. The Morgan fingerprint density at radius 2 is 1.10 bits per heavy atom. The Labute approximate surface area is 229 Å². The zero-order valence-corrected chi connectivity index (χ0v) is 22.3. The first-order valence-corrected chi connectivity index (χ1v) is 9.87. The quantitative estimate of drug-likeness (QED) is 0.178. The van der Waals surface area contributed by atoms with Gasteiger partial charge in [0.05, 0.1) is 16.8 Å². The summed E-state index contributed by atoms with van der Waals surface area (Å²) in [5, 5.41) is 13.3. The third kappa shape index (κ3) is 6.16. The minimum absolute atomic E-state index is 0. The summed E-state index contributed by atoms with van der Waals surface area (Å²) in [4.78, 5) is 12.8. The number of hydrogen-bond acceptors (Lipinski definition) is 3. The Hall–Kier alpha value is -3.31. The van der Waals surface area contributed by atoms with E-state index in [1.165, 1.54) is 0 Å². The predicted octanol–water partition coefficient (Wildman–Crippen LogP) is 7.61. The maximum atomic E-state index is 14.7. The number of halogens is 15. The van der Waals surface area contributed by atoms with E-state index in [4.69, 9.17) is 0 Å². The van der Waals surface area contributed by atoms with E-state index in [2.05, 4.69) is 5.10 Å². The Morgan fingerprint density at radius 1 is 0.707 bits per heavy atom. The summed E-state index contributed by atoms with van der Waals surface area (Å²) < 4.78 is 201. The van der Waals surface area contributed by atoms with Crippen LogP contribution >= 0.6 is 0 Å². The molecule has 220 valence electrons. The Balaban J connectivity index is 0.00000588. The minimum atomic E-state index is -6.24. The van der Waals surface area contributed by atoms with Crippen LogP contribution < -0.4 is 0 Å². The number of ketones is 1. The zero-order valence-electron chi connectivity index (χ0n) is 19.4. The van der Waals surface area contributed by atoms with E-state index in [0.29, 0.717) is 6.92 Å². The van der Waals surface area contributed by atoms with Crippen LogP contribution in [0.4, 0.5) is 65.9 Å². The molecule has 4 nitrogen and oxygen atoms in total. The van der Waals surface area contributed by atoms with Crippen molar-refractivity contribution >= 4 is 5.78 Å². The van der Waals surface area contributed by atoms with Crippen molar-refractivity contribution in [2.24, 2.45) is 0 Å². The fourth-order valence-corrected chi connectivity index (χ4v) is 3.50. The van der Waals surface area contributed by atoms with Crippen molar-refractivity contribution in [3.63, 3.8) is 0 Å². The molecule has 0 amide bonds. The molecule has 2 aromatic carbocycles. The number of alkyl halides is 12. The summed E-state index contributed by atoms with van der Waals surface area (Å²) in [6.45, 7) is 0.608. The van der Waals surface area contributed by atoms with Gasteiger partial charge in [-0.3, -0.25) is 4.79 Å². The van der Waals surface area contributed by atoms with Gasteiger partial charge >= 0.3 is 24.7 Å². The fraction of sp³-hybridized carbons (Fsp3) is 0.238. The number of benzene rings is 2. The van der Waals surface area contributed by atoms with Gasteiger partial charge in [-0.25, -0.2) is 13.2 Å². The van der Waals surface area contributed by atoms with Crippen LogP contribution in [-0.4, -0.2) is 20.7 Å². The molecule has 0 aliphatic heterocycles. The van der Waals surface area contributed by atoms with Crippen molar-refractivity contribution in [2.75, 3.05) is 0 Å². The summed E-state index contributed by atoms with van der Waals surface area (Å²) in [7, 11) is 0. The molecule has 0 spiro atoms. The Bertz CT molecular complexity index is 1440. The number of hydrogen-bond donors (Lipinski definition) is 1. The molecule has 1 heterocycles. The summed E-state index contributed by atoms with van der Waals surface area (Å²) >= 11 is 0. The molecule has 0 bridgehead atoms. The molecule has 3 rings (SSSR count). The van der Waals surface area contributed by atoms with Crippen LogP contribution in [-0.2, 0) is 44.2 Å². The van der Waals surface area contributed by atoms with Crippen molar-refractivity contribution in [1.82, 2.24) is 9.78 Å². The van der Waals surface area contributed by atoms with Crippen molar-refractivity contribution in [3.05, 3.63) is 74.7 Å². The first-order chi connectivity index (χ1) is 17.9. The molecule has 0 saturated carbocycles. The van der Waals surface area contributed by atoms with Gasteiger partial charge in [0, 0.05) is 25.0 Å². The molecule has 0 aliphatic carbocycles. The molecular formula is C21H7F15N2O2Zn. The van der Waals surface area contributed by atoms with E-state index in [0.717, 1.165) is 0 Å². The maximum Gasteiger partial charge on any atom is 0.422 e. The maximum absolute atomic E-state index is 14.7. The van der Waals surface area contributed by atoms with Crippen LogP contribution in [0.1, 0.15) is 43.9 Å². The number of carbonyl (C=O) groups is 1. The molecule has 0 aliphatic rings. The van der Waals surface area contributed by atoms with Gasteiger partial charge in [0.1, 0.15) is 22.4 Å². The van der Waals surface area contributed by atoms with E-state index in [9.17, 15) is 75.8 Å². The van der Waals surface area contributed by atoms with Gasteiger partial charge < -0.3 is 5.11 Å². The number of carbonyl (C=O) groups excluding carboxylic acids is 1. The average molecular weight is 670 g/mol. The topological polar surface area (TPSA) is 55.1 Å². The zero-order chi connectivity index (χ0) is 30.9. The van der Waals surface area contributed by atoms with Crippen molar-refractivity contribution in [2.45, 2.75) is 31.6 Å². The van der Waals surface area contributed by atoms with Crippen LogP contribution in [0.5, 0.6) is 5.88 Å². The summed E-state index contributed by atoms with van der Waals surface area (Å²) in [6.07, 6.45) is -23.4. The largest absolute Gasteiger partial charge is 0.493 e. The normalized spacial score (nSPS) is 12.9. The second-order valence-electron chi connectivity index (χ2n) is 7.86. The molecule has 0 radical (unpaired) electrons. The second kappa shape index (κ2) is 10.5. The van der Waals surface area contributed by atoms with Crippen molar-refractivity contribution in [1.29, 1.82) is 0 Å². The number of nitrogens with zero attached hydrogens (tertiary/aromatic N) is 2. The third-order valence-corrected chi connectivity index (χ3v) is 5.19. The molecule has 1 aromatic heterocycles. The van der Waals surface area contributed by atoms with Crippen LogP contribution in [0.25, 0.3) is 5.69 Å². The molecular weight excluding hydrogens is 663 g/mol. The smallest absolute Gasteiger partial charge is 0.422 e. The van der Waals surface area contributed by atoms with Gasteiger partial charge in [-0.1, -0.05) is 0 Å². The third-order valence-electron chi connectivity index (χ3n) is 5.19. The average Bonchev–Trinajstić information content (AvgIpc) is 3.03. The first kappa shape index (κ1) is 33.9. The van der Waals surface area contributed by atoms with Crippen molar-refractivity contribution < 1.29 is 95.2 Å². The number of rotatable bonds is 3. The molecule has 20 heteroatoms. The van der Waals surface area contributed by atoms with Crippen LogP contribution in [0, 0.1) is 24.4 Å². The van der Waals surface area contributed by atoms with Gasteiger partial charge in [0.25, 0.3) is 0 Å².